The van der Waals surface area contributed by atoms with Crippen molar-refractivity contribution < 1.29 is 33.3 Å². The van der Waals surface area contributed by atoms with Gasteiger partial charge in [0, 0.05) is 43.5 Å². The topological polar surface area (TPSA) is 83.5 Å². The molecule has 8 nitrogen and oxygen atoms in total. The zero-order chi connectivity index (χ0) is 24.2. The van der Waals surface area contributed by atoms with Gasteiger partial charge in [-0.2, -0.15) is 0 Å². The van der Waals surface area contributed by atoms with Crippen molar-refractivity contribution in [2.45, 2.75) is 43.9 Å². The third-order valence-electron chi connectivity index (χ3n) is 7.43. The van der Waals surface area contributed by atoms with Gasteiger partial charge >= 0.3 is 5.97 Å². The number of hydrogen-bond donors (Lipinski definition) is 0. The summed E-state index contributed by atoms with van der Waals surface area (Å²) in [6.07, 6.45) is 0.638. The molecule has 3 aliphatic rings. The Kier molecular flexibility index (Phi) is 5.43. The van der Waals surface area contributed by atoms with E-state index in [1.165, 1.54) is 6.92 Å². The normalized spacial score (nSPS) is 24.9. The number of rotatable bonds is 5. The van der Waals surface area contributed by atoms with Crippen molar-refractivity contribution in [3.05, 3.63) is 46.5 Å². The monoisotopic (exact) mass is 467 g/mol. The maximum absolute atomic E-state index is 13.3. The Morgan fingerprint density at radius 2 is 1.71 bits per heavy atom. The lowest BCUT2D eigenvalue weighted by atomic mass is 9.63. The van der Waals surface area contributed by atoms with E-state index in [2.05, 4.69) is 4.90 Å². The number of ether oxygens (including phenoxy) is 5. The van der Waals surface area contributed by atoms with Crippen molar-refractivity contribution in [1.29, 1.82) is 0 Å². The average Bonchev–Trinajstić information content (AvgIpc) is 2.83. The molecule has 5 rings (SSSR count). The van der Waals surface area contributed by atoms with E-state index in [1.54, 1.807) is 28.4 Å². The Morgan fingerprint density at radius 3 is 2.35 bits per heavy atom. The van der Waals surface area contributed by atoms with E-state index in [0.29, 0.717) is 36.0 Å². The van der Waals surface area contributed by atoms with Crippen LogP contribution in [-0.4, -0.2) is 51.6 Å². The van der Waals surface area contributed by atoms with E-state index >= 15 is 0 Å². The molecule has 0 N–H and O–H groups in total. The van der Waals surface area contributed by atoms with Crippen LogP contribution in [0.1, 0.15) is 54.2 Å². The lowest BCUT2D eigenvalue weighted by Gasteiger charge is -2.60. The Balaban J connectivity index is 1.84. The lowest BCUT2D eigenvalue weighted by Crippen LogP contribution is -2.62. The highest BCUT2D eigenvalue weighted by Gasteiger charge is 2.61. The number of nitrogens with zero attached hydrogens (tertiary/aromatic N) is 1. The number of ketones is 1. The number of hydrogen-bond acceptors (Lipinski definition) is 8. The highest BCUT2D eigenvalue weighted by atomic mass is 16.5. The van der Waals surface area contributed by atoms with Crippen LogP contribution >= 0.6 is 0 Å². The minimum Gasteiger partial charge on any atom is -0.493 e. The van der Waals surface area contributed by atoms with Gasteiger partial charge in [0.05, 0.1) is 34.0 Å². The first kappa shape index (κ1) is 22.5. The van der Waals surface area contributed by atoms with Gasteiger partial charge in [-0.25, -0.2) is 0 Å². The summed E-state index contributed by atoms with van der Waals surface area (Å²) in [5.41, 5.74) is 2.82. The van der Waals surface area contributed by atoms with E-state index in [-0.39, 0.29) is 18.2 Å². The van der Waals surface area contributed by atoms with Crippen LogP contribution in [0.5, 0.6) is 23.0 Å². The first-order chi connectivity index (χ1) is 16.4. The predicted molar refractivity (Wildman–Crippen MR) is 123 cm³/mol. The van der Waals surface area contributed by atoms with Crippen molar-refractivity contribution in [3.63, 3.8) is 0 Å². The summed E-state index contributed by atoms with van der Waals surface area (Å²) in [7, 11) is 6.38. The van der Waals surface area contributed by atoms with Gasteiger partial charge in [0.25, 0.3) is 0 Å². The third-order valence-corrected chi connectivity index (χ3v) is 7.43. The largest absolute Gasteiger partial charge is 0.493 e. The molecule has 0 aromatic heterocycles. The minimum atomic E-state index is -0.856. The second-order valence-corrected chi connectivity index (χ2v) is 8.96. The molecule has 2 aromatic rings. The van der Waals surface area contributed by atoms with Crippen molar-refractivity contribution >= 4 is 11.8 Å². The van der Waals surface area contributed by atoms with Gasteiger partial charge < -0.3 is 23.7 Å². The number of esters is 1. The SMILES string of the molecule is COc1cc2c(cc1OC)C13CC(=O)CC(c4c(ccc(OC)c4OC)C1OC(C)=O)N3CC2. The van der Waals surface area contributed by atoms with Gasteiger partial charge in [0.1, 0.15) is 5.78 Å². The fraction of sp³-hybridized carbons (Fsp3) is 0.462. The van der Waals surface area contributed by atoms with Crippen molar-refractivity contribution in [3.8, 4) is 23.0 Å². The Morgan fingerprint density at radius 1 is 1.00 bits per heavy atom. The molecule has 8 heteroatoms. The highest BCUT2D eigenvalue weighted by Crippen LogP contribution is 2.63. The summed E-state index contributed by atoms with van der Waals surface area (Å²) >= 11 is 0. The number of carbonyl (C=O) groups is 2. The average molecular weight is 468 g/mol. The van der Waals surface area contributed by atoms with Crippen molar-refractivity contribution in [2.24, 2.45) is 0 Å². The molecule has 2 aromatic carbocycles. The van der Waals surface area contributed by atoms with Gasteiger partial charge in [-0.1, -0.05) is 6.07 Å². The van der Waals surface area contributed by atoms with E-state index in [4.69, 9.17) is 23.7 Å². The second kappa shape index (κ2) is 8.20. The van der Waals surface area contributed by atoms with Crippen LogP contribution < -0.4 is 18.9 Å². The zero-order valence-electron chi connectivity index (χ0n) is 20.1. The maximum atomic E-state index is 13.3. The molecule has 0 amide bonds. The van der Waals surface area contributed by atoms with Crippen LogP contribution in [0.25, 0.3) is 0 Å². The molecule has 3 aliphatic heterocycles. The molecule has 2 bridgehead atoms. The van der Waals surface area contributed by atoms with Gasteiger partial charge in [-0.3, -0.25) is 14.5 Å². The fourth-order valence-electron chi connectivity index (χ4n) is 6.22. The molecular formula is C26H29NO7. The molecular weight excluding hydrogens is 438 g/mol. The fourth-order valence-corrected chi connectivity index (χ4v) is 6.22. The van der Waals surface area contributed by atoms with Gasteiger partial charge in [0.2, 0.25) is 0 Å². The number of Topliss-reactive ketones (excluding diaryl/α,β-unsaturated/α-hetero) is 1. The molecule has 1 saturated heterocycles. The van der Waals surface area contributed by atoms with Gasteiger partial charge in [0.15, 0.2) is 29.1 Å². The molecule has 0 saturated carbocycles. The number of piperidine rings is 1. The van der Waals surface area contributed by atoms with Crippen LogP contribution in [0.2, 0.25) is 0 Å². The highest BCUT2D eigenvalue weighted by molar-refractivity contribution is 5.84. The summed E-state index contributed by atoms with van der Waals surface area (Å²) in [5.74, 6) is 2.06. The van der Waals surface area contributed by atoms with E-state index in [9.17, 15) is 9.59 Å². The quantitative estimate of drug-likeness (QED) is 0.618. The first-order valence-corrected chi connectivity index (χ1v) is 11.3. The third kappa shape index (κ3) is 3.01. The Bertz CT molecular complexity index is 1180. The van der Waals surface area contributed by atoms with Crippen molar-refractivity contribution in [1.82, 2.24) is 4.90 Å². The number of carbonyl (C=O) groups excluding carboxylic acids is 2. The standard InChI is InChI=1S/C26H29NO7/c1-14(28)34-25-17-6-7-20(30-2)24(33-5)23(17)19-11-16(29)13-26(25)18-12-22(32-4)21(31-3)10-15(18)8-9-27(19)26/h6-7,10,12,19,25H,8-9,11,13H2,1-5H3. The molecule has 3 heterocycles. The van der Waals surface area contributed by atoms with Gasteiger partial charge in [-0.15, -0.1) is 0 Å². The number of fused-ring (bicyclic) bond motifs is 3. The van der Waals surface area contributed by atoms with E-state index < -0.39 is 17.6 Å². The minimum absolute atomic E-state index is 0.108. The molecule has 1 fully saturated rings. The van der Waals surface area contributed by atoms with Gasteiger partial charge in [-0.05, 0) is 35.7 Å². The molecule has 0 radical (unpaired) electrons. The molecule has 180 valence electrons. The van der Waals surface area contributed by atoms with Crippen LogP contribution in [0, 0.1) is 0 Å². The summed E-state index contributed by atoms with van der Waals surface area (Å²) in [5, 5.41) is 0. The van der Waals surface area contributed by atoms with Crippen LogP contribution in [0.15, 0.2) is 24.3 Å². The second-order valence-electron chi connectivity index (χ2n) is 8.96. The van der Waals surface area contributed by atoms with E-state index in [1.807, 2.05) is 24.3 Å². The van der Waals surface area contributed by atoms with Crippen LogP contribution in [0.4, 0.5) is 0 Å². The summed E-state index contributed by atoms with van der Waals surface area (Å²) in [6.45, 7) is 2.09. The lowest BCUT2D eigenvalue weighted by molar-refractivity contribution is -0.174. The zero-order valence-corrected chi connectivity index (χ0v) is 20.1. The maximum Gasteiger partial charge on any atom is 0.303 e. The van der Waals surface area contributed by atoms with Crippen LogP contribution in [0.3, 0.4) is 0 Å². The van der Waals surface area contributed by atoms with Crippen molar-refractivity contribution in [2.75, 3.05) is 35.0 Å². The smallest absolute Gasteiger partial charge is 0.303 e. The summed E-state index contributed by atoms with van der Waals surface area (Å²) < 4.78 is 28.6. The predicted octanol–water partition coefficient (Wildman–Crippen LogP) is 3.50. The summed E-state index contributed by atoms with van der Waals surface area (Å²) in [4.78, 5) is 28.1. The number of methoxy groups -OCH3 is 4. The molecule has 3 unspecified atom stereocenters. The summed E-state index contributed by atoms with van der Waals surface area (Å²) in [6, 6.07) is 7.45. The molecule has 0 aliphatic carbocycles. The first-order valence-electron chi connectivity index (χ1n) is 11.3. The molecule has 0 spiro atoms. The Hall–Kier alpha value is -3.26. The number of benzene rings is 2. The van der Waals surface area contributed by atoms with Crippen LogP contribution in [-0.2, 0) is 26.3 Å². The molecule has 3 atom stereocenters. The van der Waals surface area contributed by atoms with E-state index in [0.717, 1.165) is 28.7 Å². The Labute approximate surface area is 198 Å². The molecule has 34 heavy (non-hydrogen) atoms.